The van der Waals surface area contributed by atoms with Crippen molar-refractivity contribution < 1.29 is 0 Å². The van der Waals surface area contributed by atoms with Gasteiger partial charge < -0.3 is 0 Å². The molecule has 1 aliphatic heterocycles. The van der Waals surface area contributed by atoms with Gasteiger partial charge in [0.05, 0.1) is 0 Å². The van der Waals surface area contributed by atoms with Crippen molar-refractivity contribution >= 4 is 11.8 Å². The third kappa shape index (κ3) is 11.6. The van der Waals surface area contributed by atoms with Crippen LogP contribution in [0.2, 0.25) is 0 Å². The molecule has 0 aromatic carbocycles. The van der Waals surface area contributed by atoms with Crippen LogP contribution in [0.4, 0.5) is 0 Å². The molecule has 2 atom stereocenters. The fourth-order valence-corrected chi connectivity index (χ4v) is 4.53. The third-order valence-electron chi connectivity index (χ3n) is 4.87. The lowest BCUT2D eigenvalue weighted by molar-refractivity contribution is 0.556. The molecule has 1 heteroatoms. The van der Waals surface area contributed by atoms with E-state index in [-0.39, 0.29) is 0 Å². The first kappa shape index (κ1) is 19.4. The molecule has 0 N–H and O–H groups in total. The van der Waals surface area contributed by atoms with Crippen molar-refractivity contribution in [3.63, 3.8) is 0 Å². The number of hydrogen-bond donors (Lipinski definition) is 0. The number of thioether (sulfide) groups is 1. The number of hydrogen-bond acceptors (Lipinski definition) is 1. The molecular weight excluding hydrogens is 272 g/mol. The van der Waals surface area contributed by atoms with Gasteiger partial charge in [-0.05, 0) is 12.8 Å². The van der Waals surface area contributed by atoms with Gasteiger partial charge in [-0.2, -0.15) is 11.8 Å². The number of unbranched alkanes of at least 4 members (excludes halogenated alkanes) is 12. The van der Waals surface area contributed by atoms with Crippen molar-refractivity contribution in [2.45, 2.75) is 127 Å². The van der Waals surface area contributed by atoms with E-state index < -0.39 is 0 Å². The van der Waals surface area contributed by atoms with Crippen LogP contribution in [0.15, 0.2) is 0 Å². The van der Waals surface area contributed by atoms with Crippen molar-refractivity contribution in [1.29, 1.82) is 0 Å². The Hall–Kier alpha value is 0.350. The maximum atomic E-state index is 2.30. The maximum Gasteiger partial charge on any atom is 0.0169 e. The van der Waals surface area contributed by atoms with Gasteiger partial charge in [-0.1, -0.05) is 104 Å². The Morgan fingerprint density at radius 1 is 0.476 bits per heavy atom. The zero-order valence-corrected chi connectivity index (χ0v) is 15.7. The summed E-state index contributed by atoms with van der Waals surface area (Å²) < 4.78 is 0. The van der Waals surface area contributed by atoms with E-state index in [9.17, 15) is 0 Å². The SMILES string of the molecule is CCCCCCCCC[C@@H]1S[C@@H]1CCCCCCCCC. The van der Waals surface area contributed by atoms with Crippen LogP contribution in [0.3, 0.4) is 0 Å². The highest BCUT2D eigenvalue weighted by Crippen LogP contribution is 2.47. The van der Waals surface area contributed by atoms with E-state index >= 15 is 0 Å². The van der Waals surface area contributed by atoms with E-state index in [0.29, 0.717) is 0 Å². The average Bonchev–Trinajstić information content (AvgIpc) is 3.24. The monoisotopic (exact) mass is 312 g/mol. The minimum atomic E-state index is 1.06. The first-order valence-corrected chi connectivity index (χ1v) is 11.0. The molecule has 1 rings (SSSR count). The molecule has 1 saturated heterocycles. The Morgan fingerprint density at radius 3 is 1.19 bits per heavy atom. The molecule has 1 fully saturated rings. The predicted octanol–water partition coefficient (Wildman–Crippen LogP) is 7.75. The summed E-state index contributed by atoms with van der Waals surface area (Å²) in [5, 5.41) is 2.11. The Kier molecular flexibility index (Phi) is 12.9. The molecule has 0 spiro atoms. The van der Waals surface area contributed by atoms with Crippen LogP contribution in [0.5, 0.6) is 0 Å². The van der Waals surface area contributed by atoms with Crippen LogP contribution in [-0.4, -0.2) is 10.5 Å². The summed E-state index contributed by atoms with van der Waals surface area (Å²) in [5.41, 5.74) is 0. The van der Waals surface area contributed by atoms with Gasteiger partial charge in [0.1, 0.15) is 0 Å². The quantitative estimate of drug-likeness (QED) is 0.207. The van der Waals surface area contributed by atoms with Crippen LogP contribution in [0.25, 0.3) is 0 Å². The van der Waals surface area contributed by atoms with E-state index in [1.54, 1.807) is 0 Å². The number of rotatable bonds is 16. The van der Waals surface area contributed by atoms with E-state index in [4.69, 9.17) is 0 Å². The van der Waals surface area contributed by atoms with Gasteiger partial charge in [-0.3, -0.25) is 0 Å². The smallest absolute Gasteiger partial charge is 0.0169 e. The molecule has 21 heavy (non-hydrogen) atoms. The minimum Gasteiger partial charge on any atom is -0.153 e. The standard InChI is InChI=1S/C20H40S/c1-3-5-7-9-11-13-15-17-19-20(21-19)18-16-14-12-10-8-6-4-2/h19-20H,3-18H2,1-2H3/t19-,20+. The fourth-order valence-electron chi connectivity index (χ4n) is 3.29. The topological polar surface area (TPSA) is 0 Å². The molecule has 0 nitrogen and oxygen atoms in total. The van der Waals surface area contributed by atoms with E-state index in [1.807, 2.05) is 0 Å². The van der Waals surface area contributed by atoms with Crippen molar-refractivity contribution in [3.05, 3.63) is 0 Å². The molecule has 0 unspecified atom stereocenters. The summed E-state index contributed by atoms with van der Waals surface area (Å²) in [5.74, 6) is 0. The second-order valence-electron chi connectivity index (χ2n) is 7.03. The largest absolute Gasteiger partial charge is 0.153 e. The molecular formula is C20H40S. The fraction of sp³-hybridized carbons (Fsp3) is 1.00. The summed E-state index contributed by atoms with van der Waals surface area (Å²) in [6.07, 6.45) is 23.5. The van der Waals surface area contributed by atoms with Gasteiger partial charge in [0, 0.05) is 10.5 Å². The van der Waals surface area contributed by atoms with Crippen LogP contribution < -0.4 is 0 Å². The highest BCUT2D eigenvalue weighted by atomic mass is 32.2. The molecule has 1 heterocycles. The van der Waals surface area contributed by atoms with E-state index in [2.05, 4.69) is 25.6 Å². The summed E-state index contributed by atoms with van der Waals surface area (Å²) >= 11 is 2.28. The van der Waals surface area contributed by atoms with Gasteiger partial charge >= 0.3 is 0 Å². The second kappa shape index (κ2) is 14.0. The van der Waals surface area contributed by atoms with Crippen LogP contribution in [0.1, 0.15) is 117 Å². The third-order valence-corrected chi connectivity index (χ3v) is 6.39. The Bertz CT molecular complexity index is 192. The van der Waals surface area contributed by atoms with E-state index in [1.165, 1.54) is 103 Å². The van der Waals surface area contributed by atoms with Gasteiger partial charge in [-0.15, -0.1) is 0 Å². The average molecular weight is 313 g/mol. The molecule has 0 aromatic heterocycles. The molecule has 0 amide bonds. The van der Waals surface area contributed by atoms with Crippen molar-refractivity contribution in [2.75, 3.05) is 0 Å². The van der Waals surface area contributed by atoms with Crippen LogP contribution in [0, 0.1) is 0 Å². The molecule has 0 saturated carbocycles. The zero-order valence-electron chi connectivity index (χ0n) is 14.9. The van der Waals surface area contributed by atoms with Gasteiger partial charge in [0.25, 0.3) is 0 Å². The van der Waals surface area contributed by atoms with Gasteiger partial charge in [0.15, 0.2) is 0 Å². The molecule has 1 aliphatic rings. The van der Waals surface area contributed by atoms with Crippen LogP contribution >= 0.6 is 11.8 Å². The second-order valence-corrected chi connectivity index (χ2v) is 8.52. The summed E-state index contributed by atoms with van der Waals surface area (Å²) in [6, 6.07) is 0. The normalized spacial score (nSPS) is 20.9. The minimum absolute atomic E-state index is 1.06. The highest BCUT2D eigenvalue weighted by Gasteiger charge is 2.36. The maximum absolute atomic E-state index is 2.30. The molecule has 0 bridgehead atoms. The Balaban J connectivity index is 1.74. The zero-order chi connectivity index (χ0) is 15.2. The highest BCUT2D eigenvalue weighted by molar-refractivity contribution is 8.07. The Morgan fingerprint density at radius 2 is 0.810 bits per heavy atom. The van der Waals surface area contributed by atoms with E-state index in [0.717, 1.165) is 10.5 Å². The molecule has 126 valence electrons. The van der Waals surface area contributed by atoms with Crippen molar-refractivity contribution in [2.24, 2.45) is 0 Å². The predicted molar refractivity (Wildman–Crippen MR) is 100 cm³/mol. The lowest BCUT2D eigenvalue weighted by Gasteiger charge is -2.02. The molecule has 0 aromatic rings. The van der Waals surface area contributed by atoms with Gasteiger partial charge in [-0.25, -0.2) is 0 Å². The first-order valence-electron chi connectivity index (χ1n) is 10.0. The summed E-state index contributed by atoms with van der Waals surface area (Å²) in [6.45, 7) is 4.60. The first-order chi connectivity index (χ1) is 10.4. The summed E-state index contributed by atoms with van der Waals surface area (Å²) in [4.78, 5) is 0. The molecule has 0 aliphatic carbocycles. The van der Waals surface area contributed by atoms with Crippen molar-refractivity contribution in [3.8, 4) is 0 Å². The Labute approximate surface area is 139 Å². The van der Waals surface area contributed by atoms with Crippen LogP contribution in [-0.2, 0) is 0 Å². The lowest BCUT2D eigenvalue weighted by Crippen LogP contribution is -1.94. The molecule has 0 radical (unpaired) electrons. The van der Waals surface area contributed by atoms with Crippen molar-refractivity contribution in [1.82, 2.24) is 0 Å². The lowest BCUT2D eigenvalue weighted by atomic mass is 10.0. The van der Waals surface area contributed by atoms with Gasteiger partial charge in [0.2, 0.25) is 0 Å². The summed E-state index contributed by atoms with van der Waals surface area (Å²) in [7, 11) is 0.